The van der Waals surface area contributed by atoms with Gasteiger partial charge in [0.2, 0.25) is 11.8 Å². The number of morpholine rings is 1. The second-order valence-electron chi connectivity index (χ2n) is 12.1. The summed E-state index contributed by atoms with van der Waals surface area (Å²) in [6.45, 7) is 4.13. The number of hydrogen-bond donors (Lipinski definition) is 2. The maximum absolute atomic E-state index is 13.1. The Labute approximate surface area is 255 Å². The van der Waals surface area contributed by atoms with E-state index in [0.29, 0.717) is 12.0 Å². The summed E-state index contributed by atoms with van der Waals surface area (Å²) in [5, 5.41) is 10.3. The molecule has 0 radical (unpaired) electrons. The zero-order valence-corrected chi connectivity index (χ0v) is 24.5. The maximum Gasteiger partial charge on any atom is 0.262 e. The minimum Gasteiger partial charge on any atom is -0.385 e. The van der Waals surface area contributed by atoms with Crippen molar-refractivity contribution in [1.82, 2.24) is 20.0 Å². The molecule has 1 aromatic heterocycles. The van der Waals surface area contributed by atoms with Crippen LogP contribution in [0.25, 0.3) is 11.1 Å². The van der Waals surface area contributed by atoms with Crippen LogP contribution in [0.2, 0.25) is 0 Å². The predicted octanol–water partition coefficient (Wildman–Crippen LogP) is 3.63. The first-order valence-electron chi connectivity index (χ1n) is 15.5. The van der Waals surface area contributed by atoms with Gasteiger partial charge in [0.15, 0.2) is 0 Å². The molecule has 2 saturated heterocycles. The second kappa shape index (κ2) is 11.9. The molecule has 1 saturated carbocycles. The SMILES string of the molecule is O=C1CCC(N2C(=O)c3ccc(NCCC[C@H]4C[C@H](n5cc(-c6cccc(N7CCOCC7)c6)cn5)C4)cc3C2=O)C(=O)N1. The standard InChI is InChI=1S/C33H36N6O5/c40-30-9-8-29(31(41)36-30)39-32(42)27-7-6-24(18-28(27)33(39)43)34-10-2-3-21-15-26(16-21)38-20-23(19-35-38)22-4-1-5-25(17-22)37-11-13-44-14-12-37/h1,4-7,17-21,26,29,34H,2-3,8-16H2,(H,36,40,41)/t21-,26-,29?. The second-order valence-corrected chi connectivity index (χ2v) is 12.1. The van der Waals surface area contributed by atoms with Crippen LogP contribution in [-0.4, -0.2) is 77.2 Å². The van der Waals surface area contributed by atoms with Gasteiger partial charge in [-0.3, -0.25) is 34.1 Å². The van der Waals surface area contributed by atoms with Gasteiger partial charge in [-0.2, -0.15) is 5.10 Å². The molecule has 11 nitrogen and oxygen atoms in total. The zero-order chi connectivity index (χ0) is 30.2. The fourth-order valence-corrected chi connectivity index (χ4v) is 6.75. The summed E-state index contributed by atoms with van der Waals surface area (Å²) in [5.74, 6) is -1.31. The molecule has 0 bridgehead atoms. The summed E-state index contributed by atoms with van der Waals surface area (Å²) in [5.41, 5.74) is 4.90. The lowest BCUT2D eigenvalue weighted by Gasteiger charge is -2.35. The van der Waals surface area contributed by atoms with Gasteiger partial charge in [-0.05, 0) is 73.9 Å². The Hall–Kier alpha value is -4.51. The number of rotatable bonds is 9. The summed E-state index contributed by atoms with van der Waals surface area (Å²) in [6.07, 6.45) is 8.70. The van der Waals surface area contributed by atoms with Crippen molar-refractivity contribution in [2.24, 2.45) is 5.92 Å². The Morgan fingerprint density at radius 1 is 0.955 bits per heavy atom. The van der Waals surface area contributed by atoms with Gasteiger partial charge in [-0.1, -0.05) is 12.1 Å². The normalized spacial score (nSPS) is 23.4. The van der Waals surface area contributed by atoms with Crippen molar-refractivity contribution >= 4 is 35.0 Å². The van der Waals surface area contributed by atoms with Crippen LogP contribution in [0.5, 0.6) is 0 Å². The quantitative estimate of drug-likeness (QED) is 0.283. The van der Waals surface area contributed by atoms with Gasteiger partial charge < -0.3 is 15.0 Å². The highest BCUT2D eigenvalue weighted by atomic mass is 16.5. The van der Waals surface area contributed by atoms with Crippen molar-refractivity contribution in [2.45, 2.75) is 50.6 Å². The summed E-state index contributed by atoms with van der Waals surface area (Å²) >= 11 is 0. The molecule has 4 heterocycles. The van der Waals surface area contributed by atoms with Crippen molar-refractivity contribution in [3.8, 4) is 11.1 Å². The van der Waals surface area contributed by atoms with Crippen molar-refractivity contribution in [1.29, 1.82) is 0 Å². The number of carbonyl (C=O) groups is 4. The first-order valence-corrected chi connectivity index (χ1v) is 15.5. The third-order valence-electron chi connectivity index (χ3n) is 9.30. The van der Waals surface area contributed by atoms with E-state index in [1.165, 1.54) is 11.3 Å². The molecule has 3 aromatic rings. The highest BCUT2D eigenvalue weighted by molar-refractivity contribution is 6.23. The minimum absolute atomic E-state index is 0.103. The van der Waals surface area contributed by atoms with E-state index in [0.717, 1.165) is 74.7 Å². The van der Waals surface area contributed by atoms with Crippen LogP contribution in [0, 0.1) is 5.92 Å². The Morgan fingerprint density at radius 3 is 2.59 bits per heavy atom. The van der Waals surface area contributed by atoms with Gasteiger partial charge in [0.25, 0.3) is 11.8 Å². The lowest BCUT2D eigenvalue weighted by atomic mass is 9.77. The van der Waals surface area contributed by atoms with Crippen LogP contribution in [-0.2, 0) is 14.3 Å². The van der Waals surface area contributed by atoms with E-state index in [1.54, 1.807) is 18.2 Å². The number of nitrogens with zero attached hydrogens (tertiary/aromatic N) is 4. The molecule has 3 fully saturated rings. The average molecular weight is 597 g/mol. The number of carbonyl (C=O) groups excluding carboxylic acids is 4. The molecule has 2 aromatic carbocycles. The summed E-state index contributed by atoms with van der Waals surface area (Å²) < 4.78 is 7.61. The number of nitrogens with one attached hydrogen (secondary N) is 2. The molecule has 3 aliphatic heterocycles. The lowest BCUT2D eigenvalue weighted by molar-refractivity contribution is -0.136. The van der Waals surface area contributed by atoms with Crippen molar-refractivity contribution in [2.75, 3.05) is 43.1 Å². The van der Waals surface area contributed by atoms with Gasteiger partial charge in [0.1, 0.15) is 6.04 Å². The van der Waals surface area contributed by atoms with Crippen molar-refractivity contribution in [3.63, 3.8) is 0 Å². The van der Waals surface area contributed by atoms with Crippen LogP contribution >= 0.6 is 0 Å². The van der Waals surface area contributed by atoms with Gasteiger partial charge in [0, 0.05) is 49.2 Å². The van der Waals surface area contributed by atoms with E-state index in [1.807, 2.05) is 6.20 Å². The molecule has 4 aliphatic rings. The molecule has 2 N–H and O–H groups in total. The first kappa shape index (κ1) is 28.3. The van der Waals surface area contributed by atoms with E-state index in [4.69, 9.17) is 4.74 Å². The van der Waals surface area contributed by atoms with Crippen molar-refractivity contribution in [3.05, 3.63) is 66.0 Å². The maximum atomic E-state index is 13.1. The Bertz CT molecular complexity index is 1610. The van der Waals surface area contributed by atoms with E-state index in [2.05, 4.69) is 55.8 Å². The number of aromatic nitrogens is 2. The van der Waals surface area contributed by atoms with Gasteiger partial charge in [0.05, 0.1) is 36.6 Å². The molecule has 1 unspecified atom stereocenters. The largest absolute Gasteiger partial charge is 0.385 e. The monoisotopic (exact) mass is 596 g/mol. The Kier molecular flexibility index (Phi) is 7.63. The molecule has 1 atom stereocenters. The van der Waals surface area contributed by atoms with Crippen LogP contribution in [0.1, 0.15) is 65.3 Å². The van der Waals surface area contributed by atoms with Crippen LogP contribution in [0.3, 0.4) is 0 Å². The zero-order valence-electron chi connectivity index (χ0n) is 24.5. The predicted molar refractivity (Wildman–Crippen MR) is 163 cm³/mol. The lowest BCUT2D eigenvalue weighted by Crippen LogP contribution is -2.54. The van der Waals surface area contributed by atoms with Crippen molar-refractivity contribution < 1.29 is 23.9 Å². The highest BCUT2D eigenvalue weighted by Crippen LogP contribution is 2.41. The number of ether oxygens (including phenoxy) is 1. The molecule has 1 aliphatic carbocycles. The number of hydrogen-bond acceptors (Lipinski definition) is 8. The first-order chi connectivity index (χ1) is 21.4. The summed E-state index contributed by atoms with van der Waals surface area (Å²) in [7, 11) is 0. The van der Waals surface area contributed by atoms with Gasteiger partial charge >= 0.3 is 0 Å². The van der Waals surface area contributed by atoms with Crippen LogP contribution in [0.4, 0.5) is 11.4 Å². The van der Waals surface area contributed by atoms with E-state index < -0.39 is 23.8 Å². The van der Waals surface area contributed by atoms with Gasteiger partial charge in [-0.25, -0.2) is 0 Å². The van der Waals surface area contributed by atoms with E-state index in [9.17, 15) is 19.2 Å². The number of amides is 4. The summed E-state index contributed by atoms with van der Waals surface area (Å²) in [4.78, 5) is 53.1. The van der Waals surface area contributed by atoms with Crippen LogP contribution < -0.4 is 15.5 Å². The fourth-order valence-electron chi connectivity index (χ4n) is 6.75. The van der Waals surface area contributed by atoms with Gasteiger partial charge in [-0.15, -0.1) is 0 Å². The third kappa shape index (κ3) is 5.47. The van der Waals surface area contributed by atoms with E-state index >= 15 is 0 Å². The summed E-state index contributed by atoms with van der Waals surface area (Å²) in [6, 6.07) is 13.2. The van der Waals surface area contributed by atoms with Crippen LogP contribution in [0.15, 0.2) is 54.9 Å². The molecule has 228 valence electrons. The smallest absolute Gasteiger partial charge is 0.262 e. The topological polar surface area (TPSA) is 126 Å². The number of benzene rings is 2. The van der Waals surface area contributed by atoms with E-state index in [-0.39, 0.29) is 29.9 Å². The Balaban J connectivity index is 0.874. The minimum atomic E-state index is -0.956. The molecular formula is C33H36N6O5. The number of fused-ring (bicyclic) bond motifs is 1. The number of anilines is 2. The number of imide groups is 2. The molecular weight excluding hydrogens is 560 g/mol. The molecule has 44 heavy (non-hydrogen) atoms. The fraction of sp³-hybridized carbons (Fsp3) is 0.424. The Morgan fingerprint density at radius 2 is 1.77 bits per heavy atom. The molecule has 0 spiro atoms. The third-order valence-corrected chi connectivity index (χ3v) is 9.30. The number of piperidine rings is 1. The molecule has 11 heteroatoms. The molecule has 4 amide bonds. The highest BCUT2D eigenvalue weighted by Gasteiger charge is 2.44. The molecule has 7 rings (SSSR count). The average Bonchev–Trinajstić information content (AvgIpc) is 3.60.